The highest BCUT2D eigenvalue weighted by molar-refractivity contribution is 5.82. The molecule has 0 N–H and O–H groups in total. The lowest BCUT2D eigenvalue weighted by molar-refractivity contribution is -0.135. The molecule has 2 aromatic rings. The molecule has 2 amide bonds. The second-order valence-electron chi connectivity index (χ2n) is 6.63. The molecule has 1 atom stereocenters. The van der Waals surface area contributed by atoms with Crippen LogP contribution in [0, 0.1) is 5.82 Å². The predicted octanol–water partition coefficient (Wildman–Crippen LogP) is 4.14. The van der Waals surface area contributed by atoms with Crippen LogP contribution in [0.25, 0.3) is 6.08 Å². The second kappa shape index (κ2) is 8.16. The van der Waals surface area contributed by atoms with Crippen molar-refractivity contribution >= 4 is 17.9 Å². The van der Waals surface area contributed by atoms with Gasteiger partial charge in [0.1, 0.15) is 5.82 Å². The molecule has 0 radical (unpaired) electrons. The van der Waals surface area contributed by atoms with E-state index in [2.05, 4.69) is 0 Å². The summed E-state index contributed by atoms with van der Waals surface area (Å²) in [6.07, 6.45) is 3.82. The highest BCUT2D eigenvalue weighted by Gasteiger charge is 2.29. The van der Waals surface area contributed by atoms with Gasteiger partial charge in [0.2, 0.25) is 11.8 Å². The van der Waals surface area contributed by atoms with E-state index < -0.39 is 0 Å². The molecule has 0 spiro atoms. The zero-order valence-corrected chi connectivity index (χ0v) is 15.6. The first kappa shape index (κ1) is 18.8. The molecular formula is C22H23FN2O2. The van der Waals surface area contributed by atoms with Gasteiger partial charge in [0, 0.05) is 26.2 Å². The van der Waals surface area contributed by atoms with E-state index in [-0.39, 0.29) is 30.1 Å². The molecule has 0 aliphatic carbocycles. The number of carbonyl (C=O) groups excluding carboxylic acids is 2. The minimum atomic E-state index is -0.335. The Kier molecular flexibility index (Phi) is 5.69. The highest BCUT2D eigenvalue weighted by atomic mass is 19.1. The molecule has 1 heterocycles. The van der Waals surface area contributed by atoms with Crippen molar-refractivity contribution in [2.75, 3.05) is 6.54 Å². The minimum Gasteiger partial charge on any atom is -0.339 e. The molecule has 1 aliphatic heterocycles. The third-order valence-corrected chi connectivity index (χ3v) is 4.83. The number of benzene rings is 2. The number of halogens is 1. The molecule has 1 aliphatic rings. The van der Waals surface area contributed by atoms with Crippen molar-refractivity contribution in [3.63, 3.8) is 0 Å². The lowest BCUT2D eigenvalue weighted by Crippen LogP contribution is -2.37. The number of hydrogen-bond donors (Lipinski definition) is 0. The quantitative estimate of drug-likeness (QED) is 0.798. The summed E-state index contributed by atoms with van der Waals surface area (Å²) in [6.45, 7) is 4.26. The Balaban J connectivity index is 1.81. The molecule has 1 unspecified atom stereocenters. The molecule has 0 saturated heterocycles. The van der Waals surface area contributed by atoms with E-state index in [0.29, 0.717) is 13.1 Å². The Hall–Kier alpha value is -2.95. The third kappa shape index (κ3) is 4.25. The average Bonchev–Trinajstić information content (AvgIpc) is 2.66. The molecule has 0 aromatic heterocycles. The van der Waals surface area contributed by atoms with Gasteiger partial charge in [0.15, 0.2) is 0 Å². The lowest BCUT2D eigenvalue weighted by Gasteiger charge is -2.33. The third-order valence-electron chi connectivity index (χ3n) is 4.83. The van der Waals surface area contributed by atoms with Crippen LogP contribution in [0.5, 0.6) is 0 Å². The average molecular weight is 366 g/mol. The monoisotopic (exact) mass is 366 g/mol. The maximum absolute atomic E-state index is 13.4. The Labute approximate surface area is 158 Å². The van der Waals surface area contributed by atoms with Crippen LogP contribution in [-0.2, 0) is 16.1 Å². The zero-order valence-electron chi connectivity index (χ0n) is 15.6. The van der Waals surface area contributed by atoms with Crippen molar-refractivity contribution < 1.29 is 14.0 Å². The topological polar surface area (TPSA) is 40.6 Å². The first-order valence-corrected chi connectivity index (χ1v) is 9.08. The summed E-state index contributed by atoms with van der Waals surface area (Å²) in [7, 11) is 0. The molecule has 0 bridgehead atoms. The molecule has 0 fully saturated rings. The number of rotatable bonds is 5. The summed E-state index contributed by atoms with van der Waals surface area (Å²) in [5.41, 5.74) is 2.73. The molecule has 4 nitrogen and oxygen atoms in total. The highest BCUT2D eigenvalue weighted by Crippen LogP contribution is 2.33. The van der Waals surface area contributed by atoms with Gasteiger partial charge in [0.25, 0.3) is 0 Å². The predicted molar refractivity (Wildman–Crippen MR) is 103 cm³/mol. The van der Waals surface area contributed by atoms with Crippen molar-refractivity contribution in [1.29, 1.82) is 0 Å². The lowest BCUT2D eigenvalue weighted by atomic mass is 9.93. The van der Waals surface area contributed by atoms with E-state index in [4.69, 9.17) is 0 Å². The van der Waals surface area contributed by atoms with E-state index in [1.165, 1.54) is 19.1 Å². The number of hydrogen-bond acceptors (Lipinski definition) is 2. The summed E-state index contributed by atoms with van der Waals surface area (Å²) >= 11 is 0. The first-order valence-electron chi connectivity index (χ1n) is 9.08. The molecule has 3 rings (SSSR count). The number of fused-ring (bicyclic) bond motifs is 1. The molecular weight excluding hydrogens is 343 g/mol. The van der Waals surface area contributed by atoms with Gasteiger partial charge in [0.05, 0.1) is 12.5 Å². The summed E-state index contributed by atoms with van der Waals surface area (Å²) in [6, 6.07) is 13.7. The van der Waals surface area contributed by atoms with Crippen LogP contribution in [0.15, 0.2) is 54.7 Å². The van der Waals surface area contributed by atoms with E-state index >= 15 is 0 Å². The molecule has 27 heavy (non-hydrogen) atoms. The van der Waals surface area contributed by atoms with Crippen LogP contribution in [0.3, 0.4) is 0 Å². The largest absolute Gasteiger partial charge is 0.339 e. The van der Waals surface area contributed by atoms with Crippen molar-refractivity contribution in [2.24, 2.45) is 0 Å². The maximum atomic E-state index is 13.4. The van der Waals surface area contributed by atoms with Gasteiger partial charge in [-0.15, -0.1) is 0 Å². The second-order valence-corrected chi connectivity index (χ2v) is 6.63. The van der Waals surface area contributed by atoms with Gasteiger partial charge in [-0.25, -0.2) is 4.39 Å². The van der Waals surface area contributed by atoms with E-state index in [9.17, 15) is 14.0 Å². The van der Waals surface area contributed by atoms with Crippen LogP contribution in [-0.4, -0.2) is 28.2 Å². The number of nitrogens with zero attached hydrogens (tertiary/aromatic N) is 2. The maximum Gasteiger partial charge on any atom is 0.225 e. The number of amides is 2. The van der Waals surface area contributed by atoms with Crippen molar-refractivity contribution in [3.05, 3.63) is 77.2 Å². The summed E-state index contributed by atoms with van der Waals surface area (Å²) in [5, 5.41) is 0. The van der Waals surface area contributed by atoms with E-state index in [1.807, 2.05) is 37.3 Å². The fourth-order valence-corrected chi connectivity index (χ4v) is 3.44. The van der Waals surface area contributed by atoms with Crippen LogP contribution in [0.2, 0.25) is 0 Å². The van der Waals surface area contributed by atoms with Gasteiger partial charge in [-0.05, 0) is 41.8 Å². The van der Waals surface area contributed by atoms with Gasteiger partial charge < -0.3 is 9.80 Å². The Morgan fingerprint density at radius 2 is 1.93 bits per heavy atom. The zero-order chi connectivity index (χ0) is 19.4. The van der Waals surface area contributed by atoms with Crippen LogP contribution in [0.1, 0.15) is 43.0 Å². The normalized spacial score (nSPS) is 15.4. The Bertz CT molecular complexity index is 878. The fraction of sp³-hybridized carbons (Fsp3) is 0.273. The SMILES string of the molecule is CCN(Cc1cccc(F)c1)C(=O)CC1c2ccccc2C=CN1C(C)=O. The molecule has 0 saturated carbocycles. The van der Waals surface area contributed by atoms with Crippen LogP contribution >= 0.6 is 0 Å². The molecule has 2 aromatic carbocycles. The molecule has 5 heteroatoms. The van der Waals surface area contributed by atoms with Gasteiger partial charge in [-0.2, -0.15) is 0 Å². The minimum absolute atomic E-state index is 0.0666. The fourth-order valence-electron chi connectivity index (χ4n) is 3.44. The smallest absolute Gasteiger partial charge is 0.225 e. The molecule has 140 valence electrons. The summed E-state index contributed by atoms with van der Waals surface area (Å²) < 4.78 is 13.4. The van der Waals surface area contributed by atoms with E-state index in [0.717, 1.165) is 16.7 Å². The van der Waals surface area contributed by atoms with Gasteiger partial charge >= 0.3 is 0 Å². The van der Waals surface area contributed by atoms with Crippen molar-refractivity contribution in [3.8, 4) is 0 Å². The standard InChI is InChI=1S/C22H23FN2O2/c1-3-24(15-17-7-6-9-19(23)13-17)22(27)14-21-20-10-5-4-8-18(20)11-12-25(21)16(2)26/h4-13,21H,3,14-15H2,1-2H3. The Morgan fingerprint density at radius 3 is 2.63 bits per heavy atom. The van der Waals surface area contributed by atoms with E-state index in [1.54, 1.807) is 28.1 Å². The van der Waals surface area contributed by atoms with Crippen LogP contribution < -0.4 is 0 Å². The van der Waals surface area contributed by atoms with Crippen LogP contribution in [0.4, 0.5) is 4.39 Å². The Morgan fingerprint density at radius 1 is 1.15 bits per heavy atom. The van der Waals surface area contributed by atoms with Crippen molar-refractivity contribution in [2.45, 2.75) is 32.9 Å². The number of carbonyl (C=O) groups is 2. The first-order chi connectivity index (χ1) is 13.0. The summed E-state index contributed by atoms with van der Waals surface area (Å²) in [4.78, 5) is 28.4. The van der Waals surface area contributed by atoms with Crippen molar-refractivity contribution in [1.82, 2.24) is 9.80 Å². The van der Waals surface area contributed by atoms with Gasteiger partial charge in [-0.3, -0.25) is 9.59 Å². The summed E-state index contributed by atoms with van der Waals surface area (Å²) in [5.74, 6) is -0.486. The van der Waals surface area contributed by atoms with Gasteiger partial charge in [-0.1, -0.05) is 36.4 Å².